The Morgan fingerprint density at radius 1 is 1.40 bits per heavy atom. The predicted molar refractivity (Wildman–Crippen MR) is 91.4 cm³/mol. The van der Waals surface area contributed by atoms with Crippen LogP contribution in [0.1, 0.15) is 42.8 Å². The number of thiophene rings is 1. The van der Waals surface area contributed by atoms with Crippen LogP contribution < -0.4 is 5.32 Å². The minimum atomic E-state index is -0.555. The van der Waals surface area contributed by atoms with Crippen LogP contribution in [0.15, 0.2) is 17.8 Å². The number of esters is 1. The van der Waals surface area contributed by atoms with Crippen LogP contribution in [0.2, 0.25) is 0 Å². The highest BCUT2D eigenvalue weighted by Crippen LogP contribution is 2.29. The highest BCUT2D eigenvalue weighted by atomic mass is 32.1. The van der Waals surface area contributed by atoms with E-state index in [1.54, 1.807) is 11.4 Å². The second-order valence-electron chi connectivity index (χ2n) is 6.41. The molecule has 1 aliphatic carbocycles. The molecule has 134 valence electrons. The Morgan fingerprint density at radius 2 is 2.24 bits per heavy atom. The molecule has 1 saturated carbocycles. The van der Waals surface area contributed by atoms with Gasteiger partial charge in [-0.3, -0.25) is 4.79 Å². The minimum absolute atomic E-state index is 0.147. The maximum absolute atomic E-state index is 12.3. The van der Waals surface area contributed by atoms with Gasteiger partial charge in [-0.25, -0.2) is 4.79 Å². The van der Waals surface area contributed by atoms with E-state index in [1.807, 2.05) is 0 Å². The van der Waals surface area contributed by atoms with Crippen LogP contribution in [0.25, 0.3) is 5.69 Å². The van der Waals surface area contributed by atoms with Crippen molar-refractivity contribution in [2.75, 3.05) is 6.61 Å². The van der Waals surface area contributed by atoms with Gasteiger partial charge in [-0.2, -0.15) is 4.68 Å². The lowest BCUT2D eigenvalue weighted by Gasteiger charge is -2.34. The number of ether oxygens (including phenoxy) is 1. The molecule has 25 heavy (non-hydrogen) atoms. The van der Waals surface area contributed by atoms with Crippen LogP contribution in [0.5, 0.6) is 0 Å². The molecule has 0 bridgehead atoms. The zero-order valence-electron chi connectivity index (χ0n) is 14.2. The van der Waals surface area contributed by atoms with Crippen LogP contribution in [0.4, 0.5) is 0 Å². The zero-order valence-corrected chi connectivity index (χ0v) is 15.0. The molecule has 0 saturated heterocycles. The summed E-state index contributed by atoms with van der Waals surface area (Å²) in [7, 11) is 0. The zero-order chi connectivity index (χ0) is 17.8. The molecule has 1 fully saturated rings. The Kier molecular flexibility index (Phi) is 5.42. The van der Waals surface area contributed by atoms with Crippen LogP contribution in [0, 0.1) is 11.8 Å². The first-order chi connectivity index (χ1) is 12.1. The maximum Gasteiger partial charge on any atom is 0.351 e. The van der Waals surface area contributed by atoms with Gasteiger partial charge in [-0.15, -0.1) is 16.4 Å². The second kappa shape index (κ2) is 7.73. The van der Waals surface area contributed by atoms with Gasteiger partial charge in [0.2, 0.25) is 0 Å². The lowest BCUT2D eigenvalue weighted by Crippen LogP contribution is -2.45. The Bertz CT molecular complexity index is 730. The third-order valence-corrected chi connectivity index (χ3v) is 5.70. The van der Waals surface area contributed by atoms with E-state index >= 15 is 0 Å². The number of amides is 1. The molecule has 2 heterocycles. The molecule has 0 aliphatic heterocycles. The number of carbonyl (C=O) groups is 2. The van der Waals surface area contributed by atoms with Crippen molar-refractivity contribution in [2.24, 2.45) is 11.8 Å². The summed E-state index contributed by atoms with van der Waals surface area (Å²) in [6.45, 7) is 4.08. The molecule has 2 aromatic heterocycles. The standard InChI is InChI=1S/C16H21N5O3S/c1-10-4-3-5-12(11(10)2)18-14(22)8-24-16(23)15-13(6-7-25-15)21-9-17-19-20-21/h6-7,9-12H,3-5,8H2,1-2H3,(H,18,22)/t10-,11-,12+/m1/s1. The fourth-order valence-corrected chi connectivity index (χ4v) is 3.91. The van der Waals surface area contributed by atoms with Gasteiger partial charge >= 0.3 is 5.97 Å². The van der Waals surface area contributed by atoms with Crippen LogP contribution >= 0.6 is 11.3 Å². The van der Waals surface area contributed by atoms with Gasteiger partial charge in [0.15, 0.2) is 6.61 Å². The summed E-state index contributed by atoms with van der Waals surface area (Å²) in [5.74, 6) is 0.198. The Hall–Kier alpha value is -2.29. The lowest BCUT2D eigenvalue weighted by molar-refractivity contribution is -0.125. The molecular formula is C16H21N5O3S. The molecule has 3 rings (SSSR count). The van der Waals surface area contributed by atoms with Crippen molar-refractivity contribution in [2.45, 2.75) is 39.2 Å². The van der Waals surface area contributed by atoms with E-state index in [-0.39, 0.29) is 18.6 Å². The van der Waals surface area contributed by atoms with E-state index in [1.165, 1.54) is 28.8 Å². The molecule has 1 amide bonds. The van der Waals surface area contributed by atoms with Crippen molar-refractivity contribution in [1.29, 1.82) is 0 Å². The Balaban J connectivity index is 1.54. The summed E-state index contributed by atoms with van der Waals surface area (Å²) >= 11 is 1.22. The van der Waals surface area contributed by atoms with E-state index in [4.69, 9.17) is 4.74 Å². The van der Waals surface area contributed by atoms with Gasteiger partial charge in [0, 0.05) is 6.04 Å². The van der Waals surface area contributed by atoms with Crippen molar-refractivity contribution >= 4 is 23.2 Å². The van der Waals surface area contributed by atoms with Gasteiger partial charge in [0.25, 0.3) is 5.91 Å². The van der Waals surface area contributed by atoms with Gasteiger partial charge < -0.3 is 10.1 Å². The molecule has 0 radical (unpaired) electrons. The summed E-state index contributed by atoms with van der Waals surface area (Å²) in [6, 6.07) is 1.87. The molecule has 2 aromatic rings. The topological polar surface area (TPSA) is 99.0 Å². The quantitative estimate of drug-likeness (QED) is 0.814. The third kappa shape index (κ3) is 4.04. The highest BCUT2D eigenvalue weighted by Gasteiger charge is 2.28. The number of nitrogens with zero attached hydrogens (tertiary/aromatic N) is 4. The average molecular weight is 363 g/mol. The monoisotopic (exact) mass is 363 g/mol. The average Bonchev–Trinajstić information content (AvgIpc) is 3.27. The van der Waals surface area contributed by atoms with Crippen molar-refractivity contribution < 1.29 is 14.3 Å². The van der Waals surface area contributed by atoms with E-state index in [2.05, 4.69) is 34.7 Å². The lowest BCUT2D eigenvalue weighted by atomic mass is 9.78. The molecular weight excluding hydrogens is 342 g/mol. The Morgan fingerprint density at radius 3 is 3.00 bits per heavy atom. The van der Waals surface area contributed by atoms with Crippen LogP contribution in [0.3, 0.4) is 0 Å². The van der Waals surface area contributed by atoms with Crippen molar-refractivity contribution in [3.8, 4) is 5.69 Å². The van der Waals surface area contributed by atoms with Crippen LogP contribution in [-0.2, 0) is 9.53 Å². The van der Waals surface area contributed by atoms with Gasteiger partial charge in [-0.1, -0.05) is 26.7 Å². The van der Waals surface area contributed by atoms with Gasteiger partial charge in [0.05, 0.1) is 5.69 Å². The number of tetrazole rings is 1. The summed E-state index contributed by atoms with van der Waals surface area (Å²) < 4.78 is 6.56. The normalized spacial score (nSPS) is 23.2. The molecule has 1 aliphatic rings. The molecule has 0 unspecified atom stereocenters. The molecule has 0 spiro atoms. The largest absolute Gasteiger partial charge is 0.451 e. The van der Waals surface area contributed by atoms with E-state index in [0.29, 0.717) is 22.4 Å². The van der Waals surface area contributed by atoms with Gasteiger partial charge in [0.1, 0.15) is 11.2 Å². The number of hydrogen-bond donors (Lipinski definition) is 1. The van der Waals surface area contributed by atoms with E-state index in [0.717, 1.165) is 12.8 Å². The van der Waals surface area contributed by atoms with Crippen molar-refractivity contribution in [3.05, 3.63) is 22.7 Å². The molecule has 0 aromatic carbocycles. The maximum atomic E-state index is 12.3. The fraction of sp³-hybridized carbons (Fsp3) is 0.562. The summed E-state index contributed by atoms with van der Waals surface area (Å²) in [5, 5.41) is 15.6. The smallest absolute Gasteiger partial charge is 0.351 e. The van der Waals surface area contributed by atoms with Gasteiger partial charge in [-0.05, 0) is 40.1 Å². The number of rotatable bonds is 5. The number of carbonyl (C=O) groups excluding carboxylic acids is 2. The highest BCUT2D eigenvalue weighted by molar-refractivity contribution is 7.12. The number of aromatic nitrogens is 4. The summed E-state index contributed by atoms with van der Waals surface area (Å²) in [4.78, 5) is 24.8. The Labute approximate surface area is 149 Å². The van der Waals surface area contributed by atoms with E-state index < -0.39 is 5.97 Å². The first-order valence-electron chi connectivity index (χ1n) is 8.33. The number of nitrogens with one attached hydrogen (secondary N) is 1. The summed E-state index contributed by atoms with van der Waals surface area (Å²) in [5.41, 5.74) is 0.537. The number of hydrogen-bond acceptors (Lipinski definition) is 7. The minimum Gasteiger partial charge on any atom is -0.451 e. The predicted octanol–water partition coefficient (Wildman–Crippen LogP) is 1.82. The van der Waals surface area contributed by atoms with Crippen molar-refractivity contribution in [3.63, 3.8) is 0 Å². The first-order valence-corrected chi connectivity index (χ1v) is 9.21. The third-order valence-electron chi connectivity index (χ3n) is 4.81. The second-order valence-corrected chi connectivity index (χ2v) is 7.32. The van der Waals surface area contributed by atoms with E-state index in [9.17, 15) is 9.59 Å². The molecule has 9 heteroatoms. The SMILES string of the molecule is C[C@@H]1[C@H](C)CCC[C@@H]1NC(=O)COC(=O)c1sccc1-n1cnnn1. The first kappa shape index (κ1) is 17.5. The van der Waals surface area contributed by atoms with Crippen LogP contribution in [-0.4, -0.2) is 44.7 Å². The summed E-state index contributed by atoms with van der Waals surface area (Å²) in [6.07, 6.45) is 4.68. The van der Waals surface area contributed by atoms with Crippen molar-refractivity contribution in [1.82, 2.24) is 25.5 Å². The fourth-order valence-electron chi connectivity index (χ4n) is 3.14. The molecule has 1 N–H and O–H groups in total. The molecule has 8 nitrogen and oxygen atoms in total. The molecule has 3 atom stereocenters.